The summed E-state index contributed by atoms with van der Waals surface area (Å²) in [7, 11) is 1.52. The highest BCUT2D eigenvalue weighted by Gasteiger charge is 2.22. The van der Waals surface area contributed by atoms with E-state index in [4.69, 9.17) is 32.7 Å². The second-order valence-corrected chi connectivity index (χ2v) is 6.88. The van der Waals surface area contributed by atoms with Gasteiger partial charge in [-0.05, 0) is 42.8 Å². The highest BCUT2D eigenvalue weighted by molar-refractivity contribution is 6.39. The van der Waals surface area contributed by atoms with Crippen LogP contribution in [0.3, 0.4) is 0 Å². The second kappa shape index (κ2) is 8.59. The van der Waals surface area contributed by atoms with Gasteiger partial charge in [0.25, 0.3) is 0 Å². The Hall–Kier alpha value is -2.96. The molecule has 150 valence electrons. The van der Waals surface area contributed by atoms with Crippen molar-refractivity contribution in [1.82, 2.24) is 4.98 Å². The molecule has 1 aromatic heterocycles. The maximum atomic E-state index is 12.5. The van der Waals surface area contributed by atoms with Gasteiger partial charge in [-0.25, -0.2) is 9.59 Å². The van der Waals surface area contributed by atoms with Crippen molar-refractivity contribution in [3.05, 3.63) is 63.3 Å². The molecule has 3 aromatic rings. The molecule has 0 aliphatic carbocycles. The van der Waals surface area contributed by atoms with E-state index in [1.807, 2.05) is 0 Å². The number of carboxylic acids is 1. The van der Waals surface area contributed by atoms with Gasteiger partial charge < -0.3 is 19.6 Å². The molecule has 2 aromatic carbocycles. The number of aromatic nitrogens is 1. The Morgan fingerprint density at radius 2 is 1.86 bits per heavy atom. The van der Waals surface area contributed by atoms with Crippen molar-refractivity contribution < 1.29 is 24.2 Å². The molecule has 0 aliphatic rings. The molecule has 0 aliphatic heterocycles. The van der Waals surface area contributed by atoms with Crippen LogP contribution in [0.1, 0.15) is 28.5 Å². The molecule has 0 saturated carbocycles. The number of carbonyl (C=O) groups excluding carboxylic acids is 1. The molecule has 0 amide bonds. The van der Waals surface area contributed by atoms with Gasteiger partial charge in [0.2, 0.25) is 0 Å². The number of aliphatic carboxylic acids is 1. The maximum absolute atomic E-state index is 12.5. The molecule has 0 unspecified atom stereocenters. The highest BCUT2D eigenvalue weighted by atomic mass is 35.5. The zero-order valence-corrected chi connectivity index (χ0v) is 17.1. The fourth-order valence-electron chi connectivity index (χ4n) is 2.96. The molecular weight excluding hydrogens is 417 g/mol. The number of hydrogen-bond donors (Lipinski definition) is 2. The minimum Gasteiger partial charge on any atom is -0.497 e. The van der Waals surface area contributed by atoms with E-state index in [1.54, 1.807) is 37.3 Å². The van der Waals surface area contributed by atoms with Crippen LogP contribution in [0.2, 0.25) is 10.0 Å². The second-order valence-electron chi connectivity index (χ2n) is 6.04. The third kappa shape index (κ3) is 4.23. The number of H-pyrrole nitrogens is 1. The summed E-state index contributed by atoms with van der Waals surface area (Å²) in [6.45, 7) is 1.84. The van der Waals surface area contributed by atoms with E-state index in [2.05, 4.69) is 4.98 Å². The van der Waals surface area contributed by atoms with Gasteiger partial charge in [-0.3, -0.25) is 0 Å². The van der Waals surface area contributed by atoms with E-state index in [0.717, 1.165) is 0 Å². The van der Waals surface area contributed by atoms with Gasteiger partial charge in [-0.15, -0.1) is 0 Å². The smallest absolute Gasteiger partial charge is 0.355 e. The van der Waals surface area contributed by atoms with Crippen LogP contribution < -0.4 is 4.74 Å². The molecule has 1 heterocycles. The Labute approximate surface area is 176 Å². The van der Waals surface area contributed by atoms with Gasteiger partial charge in [0.15, 0.2) is 0 Å². The van der Waals surface area contributed by atoms with E-state index in [0.29, 0.717) is 32.8 Å². The number of esters is 1. The quantitative estimate of drug-likeness (QED) is 0.407. The molecular formula is C21H17Cl2NO5. The lowest BCUT2D eigenvalue weighted by Crippen LogP contribution is -2.07. The maximum Gasteiger partial charge on any atom is 0.355 e. The number of hydrogen-bond acceptors (Lipinski definition) is 4. The first kappa shape index (κ1) is 20.8. The number of ether oxygens (including phenoxy) is 2. The van der Waals surface area contributed by atoms with Crippen molar-refractivity contribution in [3.8, 4) is 5.75 Å². The fraction of sp³-hybridized carbons (Fsp3) is 0.143. The standard InChI is InChI=1S/C21H17Cl2NO5/c1-3-29-21(27)19-15(18-16(23)8-12(22)9-17(18)24-19)10-14(20(25)26)11-4-6-13(28-2)7-5-11/h4-10,24H,3H2,1-2H3,(H,25,26)/b14-10-. The van der Waals surface area contributed by atoms with Crippen molar-refractivity contribution in [3.63, 3.8) is 0 Å². The Bertz CT molecular complexity index is 1120. The topological polar surface area (TPSA) is 88.6 Å². The monoisotopic (exact) mass is 433 g/mol. The molecule has 0 fully saturated rings. The van der Waals surface area contributed by atoms with Crippen molar-refractivity contribution >= 4 is 57.7 Å². The fourth-order valence-corrected chi connectivity index (χ4v) is 3.56. The van der Waals surface area contributed by atoms with Crippen LogP contribution in [0.25, 0.3) is 22.6 Å². The van der Waals surface area contributed by atoms with Gasteiger partial charge in [-0.2, -0.15) is 0 Å². The largest absolute Gasteiger partial charge is 0.497 e. The molecule has 6 nitrogen and oxygen atoms in total. The number of methoxy groups -OCH3 is 1. The molecule has 3 rings (SSSR count). The lowest BCUT2D eigenvalue weighted by atomic mass is 10.0. The lowest BCUT2D eigenvalue weighted by Gasteiger charge is -2.07. The van der Waals surface area contributed by atoms with Crippen LogP contribution in [0.5, 0.6) is 5.75 Å². The Morgan fingerprint density at radius 3 is 2.45 bits per heavy atom. The molecule has 0 atom stereocenters. The summed E-state index contributed by atoms with van der Waals surface area (Å²) in [5, 5.41) is 10.9. The molecule has 8 heteroatoms. The summed E-state index contributed by atoms with van der Waals surface area (Å²) in [5.41, 5.74) is 1.32. The molecule has 0 saturated heterocycles. The van der Waals surface area contributed by atoms with Crippen molar-refractivity contribution in [2.24, 2.45) is 0 Å². The average Bonchev–Trinajstić information content (AvgIpc) is 3.04. The number of carboxylic acid groups (broad SMARTS) is 1. The summed E-state index contributed by atoms with van der Waals surface area (Å²) >= 11 is 12.4. The third-order valence-electron chi connectivity index (χ3n) is 4.25. The number of halogens is 2. The van der Waals surface area contributed by atoms with Gasteiger partial charge in [0.1, 0.15) is 11.4 Å². The summed E-state index contributed by atoms with van der Waals surface area (Å²) in [6, 6.07) is 9.68. The van der Waals surface area contributed by atoms with Crippen molar-refractivity contribution in [2.75, 3.05) is 13.7 Å². The van der Waals surface area contributed by atoms with Crippen LogP contribution in [-0.4, -0.2) is 35.7 Å². The van der Waals surface area contributed by atoms with E-state index < -0.39 is 11.9 Å². The molecule has 0 radical (unpaired) electrons. The van der Waals surface area contributed by atoms with Crippen LogP contribution in [-0.2, 0) is 9.53 Å². The van der Waals surface area contributed by atoms with E-state index in [9.17, 15) is 14.7 Å². The van der Waals surface area contributed by atoms with E-state index >= 15 is 0 Å². The number of benzene rings is 2. The minimum absolute atomic E-state index is 0.0230. The van der Waals surface area contributed by atoms with Crippen LogP contribution in [0.4, 0.5) is 0 Å². The summed E-state index contributed by atoms with van der Waals surface area (Å²) in [5.74, 6) is -1.19. The Morgan fingerprint density at radius 1 is 1.17 bits per heavy atom. The molecule has 0 spiro atoms. The number of nitrogens with one attached hydrogen (secondary N) is 1. The van der Waals surface area contributed by atoms with E-state index in [1.165, 1.54) is 19.3 Å². The number of rotatable bonds is 6. The summed E-state index contributed by atoms with van der Waals surface area (Å²) in [4.78, 5) is 27.4. The van der Waals surface area contributed by atoms with Gasteiger partial charge in [-0.1, -0.05) is 35.3 Å². The van der Waals surface area contributed by atoms with Crippen LogP contribution in [0.15, 0.2) is 36.4 Å². The predicted octanol–water partition coefficient (Wildman–Crippen LogP) is 5.29. The number of aromatic amines is 1. The van der Waals surface area contributed by atoms with Crippen molar-refractivity contribution in [2.45, 2.75) is 6.92 Å². The van der Waals surface area contributed by atoms with Crippen LogP contribution in [0, 0.1) is 0 Å². The molecule has 0 bridgehead atoms. The van der Waals surface area contributed by atoms with Gasteiger partial charge >= 0.3 is 11.9 Å². The molecule has 29 heavy (non-hydrogen) atoms. The predicted molar refractivity (Wildman–Crippen MR) is 113 cm³/mol. The first-order valence-corrected chi connectivity index (χ1v) is 9.38. The lowest BCUT2D eigenvalue weighted by molar-refractivity contribution is -0.130. The molecule has 2 N–H and O–H groups in total. The third-order valence-corrected chi connectivity index (χ3v) is 4.77. The van der Waals surface area contributed by atoms with Crippen molar-refractivity contribution in [1.29, 1.82) is 0 Å². The van der Waals surface area contributed by atoms with E-state index in [-0.39, 0.29) is 22.9 Å². The van der Waals surface area contributed by atoms with Gasteiger partial charge in [0.05, 0.1) is 24.3 Å². The normalized spacial score (nSPS) is 11.5. The minimum atomic E-state index is -1.16. The zero-order chi connectivity index (χ0) is 21.1. The zero-order valence-electron chi connectivity index (χ0n) is 15.6. The first-order chi connectivity index (χ1) is 13.8. The summed E-state index contributed by atoms with van der Waals surface area (Å²) in [6.07, 6.45) is 1.40. The number of carbonyl (C=O) groups is 2. The first-order valence-electron chi connectivity index (χ1n) is 8.63. The summed E-state index contributed by atoms with van der Waals surface area (Å²) < 4.78 is 10.2. The highest BCUT2D eigenvalue weighted by Crippen LogP contribution is 2.35. The number of fused-ring (bicyclic) bond motifs is 1. The Balaban J connectivity index is 2.27. The SMILES string of the molecule is CCOC(=O)c1[nH]c2cc(Cl)cc(Cl)c2c1/C=C(\C(=O)O)c1ccc(OC)cc1. The van der Waals surface area contributed by atoms with Crippen LogP contribution >= 0.6 is 23.2 Å². The average molecular weight is 434 g/mol. The van der Waals surface area contributed by atoms with Gasteiger partial charge in [0, 0.05) is 21.5 Å². The Kier molecular flexibility index (Phi) is 6.15.